The molecule has 2 aromatic carbocycles. The molecule has 1 unspecified atom stereocenters. The number of hydrogen-bond donors (Lipinski definition) is 1. The van der Waals surface area contributed by atoms with Crippen LogP contribution in [0.4, 0.5) is 0 Å². The van der Waals surface area contributed by atoms with E-state index in [1.54, 1.807) is 6.07 Å². The molecule has 122 valence electrons. The van der Waals surface area contributed by atoms with Crippen LogP contribution in [0.25, 0.3) is 0 Å². The van der Waals surface area contributed by atoms with Crippen LogP contribution in [-0.4, -0.2) is 12.5 Å². The summed E-state index contributed by atoms with van der Waals surface area (Å²) in [5.41, 5.74) is 4.04. The minimum atomic E-state index is -0.0665. The predicted octanol–water partition coefficient (Wildman–Crippen LogP) is 4.45. The summed E-state index contributed by atoms with van der Waals surface area (Å²) in [6.45, 7) is 8.66. The fourth-order valence-corrected chi connectivity index (χ4v) is 2.51. The zero-order valence-corrected chi connectivity index (χ0v) is 14.3. The summed E-state index contributed by atoms with van der Waals surface area (Å²) in [5, 5.41) is 3.05. The molecule has 0 spiro atoms. The molecule has 0 saturated heterocycles. The lowest BCUT2D eigenvalue weighted by Crippen LogP contribution is -2.26. The number of nitrogens with one attached hydrogen (secondary N) is 1. The Hall–Kier alpha value is -2.29. The maximum absolute atomic E-state index is 12.4. The first-order valence-corrected chi connectivity index (χ1v) is 8.18. The zero-order valence-electron chi connectivity index (χ0n) is 14.3. The molecule has 0 radical (unpaired) electrons. The van der Waals surface area contributed by atoms with E-state index < -0.39 is 0 Å². The van der Waals surface area contributed by atoms with E-state index in [1.807, 2.05) is 32.9 Å². The van der Waals surface area contributed by atoms with Gasteiger partial charge in [0, 0.05) is 5.56 Å². The topological polar surface area (TPSA) is 38.3 Å². The largest absolute Gasteiger partial charge is 0.494 e. The first kappa shape index (κ1) is 17.1. The molecule has 0 bridgehead atoms. The molecule has 0 saturated carbocycles. The fraction of sp³-hybridized carbons (Fsp3) is 0.350. The number of benzene rings is 2. The molecule has 0 aliphatic carbocycles. The highest BCUT2D eigenvalue weighted by Crippen LogP contribution is 2.20. The van der Waals surface area contributed by atoms with Crippen molar-refractivity contribution in [3.8, 4) is 5.75 Å². The molecular formula is C20H25NO2. The summed E-state index contributed by atoms with van der Waals surface area (Å²) in [4.78, 5) is 12.4. The molecule has 0 aliphatic rings. The van der Waals surface area contributed by atoms with Crippen molar-refractivity contribution in [2.24, 2.45) is 0 Å². The number of carbonyl (C=O) groups excluding carboxylic acids is 1. The molecule has 0 aromatic heterocycles. The predicted molar refractivity (Wildman–Crippen MR) is 94.0 cm³/mol. The highest BCUT2D eigenvalue weighted by Gasteiger charge is 2.12. The normalized spacial score (nSPS) is 11.8. The molecule has 0 heterocycles. The van der Waals surface area contributed by atoms with E-state index >= 15 is 0 Å². The van der Waals surface area contributed by atoms with Gasteiger partial charge in [-0.2, -0.15) is 0 Å². The third-order valence-electron chi connectivity index (χ3n) is 3.97. The van der Waals surface area contributed by atoms with Gasteiger partial charge in [0.1, 0.15) is 5.75 Å². The van der Waals surface area contributed by atoms with Crippen LogP contribution in [0.5, 0.6) is 5.75 Å². The maximum Gasteiger partial charge on any atom is 0.251 e. The SMILES string of the molecule is CCOc1ccc(C(=O)NC(C)c2ccc(CC)cc2)cc1C. The summed E-state index contributed by atoms with van der Waals surface area (Å²) in [6.07, 6.45) is 1.02. The monoisotopic (exact) mass is 311 g/mol. The minimum absolute atomic E-state index is 0.0275. The molecule has 23 heavy (non-hydrogen) atoms. The van der Waals surface area contributed by atoms with E-state index in [0.29, 0.717) is 12.2 Å². The van der Waals surface area contributed by atoms with Crippen molar-refractivity contribution in [3.63, 3.8) is 0 Å². The van der Waals surface area contributed by atoms with Crippen LogP contribution >= 0.6 is 0 Å². The third kappa shape index (κ3) is 4.35. The Morgan fingerprint density at radius 3 is 2.39 bits per heavy atom. The van der Waals surface area contributed by atoms with Crippen molar-refractivity contribution in [2.75, 3.05) is 6.61 Å². The fourth-order valence-electron chi connectivity index (χ4n) is 2.51. The smallest absolute Gasteiger partial charge is 0.251 e. The van der Waals surface area contributed by atoms with Crippen molar-refractivity contribution in [3.05, 3.63) is 64.7 Å². The Kier molecular flexibility index (Phi) is 5.80. The lowest BCUT2D eigenvalue weighted by Gasteiger charge is -2.15. The van der Waals surface area contributed by atoms with Crippen LogP contribution < -0.4 is 10.1 Å². The van der Waals surface area contributed by atoms with E-state index in [2.05, 4.69) is 36.5 Å². The summed E-state index contributed by atoms with van der Waals surface area (Å²) < 4.78 is 5.51. The first-order chi connectivity index (χ1) is 11.0. The molecule has 2 aromatic rings. The van der Waals surface area contributed by atoms with Crippen molar-refractivity contribution in [2.45, 2.75) is 40.2 Å². The van der Waals surface area contributed by atoms with Crippen LogP contribution in [0.15, 0.2) is 42.5 Å². The van der Waals surface area contributed by atoms with E-state index in [-0.39, 0.29) is 11.9 Å². The van der Waals surface area contributed by atoms with Crippen molar-refractivity contribution in [1.29, 1.82) is 0 Å². The molecule has 0 fully saturated rings. The maximum atomic E-state index is 12.4. The Bertz CT molecular complexity index is 662. The molecule has 3 heteroatoms. The van der Waals surface area contributed by atoms with Crippen LogP contribution in [-0.2, 0) is 6.42 Å². The van der Waals surface area contributed by atoms with E-state index in [0.717, 1.165) is 23.3 Å². The Morgan fingerprint density at radius 2 is 1.83 bits per heavy atom. The average Bonchev–Trinajstić information content (AvgIpc) is 2.56. The first-order valence-electron chi connectivity index (χ1n) is 8.18. The molecule has 1 amide bonds. The van der Waals surface area contributed by atoms with Gasteiger partial charge in [-0.15, -0.1) is 0 Å². The number of hydrogen-bond acceptors (Lipinski definition) is 2. The van der Waals surface area contributed by atoms with Crippen molar-refractivity contribution < 1.29 is 9.53 Å². The molecular weight excluding hydrogens is 286 g/mol. The Labute approximate surface area is 138 Å². The average molecular weight is 311 g/mol. The second kappa shape index (κ2) is 7.82. The van der Waals surface area contributed by atoms with Gasteiger partial charge in [0.25, 0.3) is 5.91 Å². The third-order valence-corrected chi connectivity index (χ3v) is 3.97. The van der Waals surface area contributed by atoms with Crippen LogP contribution in [0.1, 0.15) is 53.9 Å². The van der Waals surface area contributed by atoms with Gasteiger partial charge in [0.05, 0.1) is 12.6 Å². The lowest BCUT2D eigenvalue weighted by atomic mass is 10.0. The second-order valence-corrected chi connectivity index (χ2v) is 5.70. The van der Waals surface area contributed by atoms with Gasteiger partial charge < -0.3 is 10.1 Å². The zero-order chi connectivity index (χ0) is 16.8. The van der Waals surface area contributed by atoms with Crippen LogP contribution in [0, 0.1) is 6.92 Å². The van der Waals surface area contributed by atoms with Crippen molar-refractivity contribution in [1.82, 2.24) is 5.32 Å². The number of amides is 1. The Balaban J connectivity index is 2.06. The van der Waals surface area contributed by atoms with Gasteiger partial charge in [0.15, 0.2) is 0 Å². The number of carbonyl (C=O) groups is 1. The number of ether oxygens (including phenoxy) is 1. The second-order valence-electron chi connectivity index (χ2n) is 5.70. The van der Waals surface area contributed by atoms with Gasteiger partial charge in [-0.3, -0.25) is 4.79 Å². The number of aryl methyl sites for hydroxylation is 2. The highest BCUT2D eigenvalue weighted by atomic mass is 16.5. The summed E-state index contributed by atoms with van der Waals surface area (Å²) in [6, 6.07) is 13.9. The molecule has 2 rings (SSSR count). The summed E-state index contributed by atoms with van der Waals surface area (Å²) >= 11 is 0. The van der Waals surface area contributed by atoms with Crippen LogP contribution in [0.2, 0.25) is 0 Å². The molecule has 1 N–H and O–H groups in total. The quantitative estimate of drug-likeness (QED) is 0.856. The van der Waals surface area contributed by atoms with E-state index in [1.165, 1.54) is 5.56 Å². The molecule has 0 aliphatic heterocycles. The van der Waals surface area contributed by atoms with Gasteiger partial charge >= 0.3 is 0 Å². The summed E-state index contributed by atoms with van der Waals surface area (Å²) in [5.74, 6) is 0.760. The Morgan fingerprint density at radius 1 is 1.13 bits per heavy atom. The lowest BCUT2D eigenvalue weighted by molar-refractivity contribution is 0.0940. The van der Waals surface area contributed by atoms with Crippen LogP contribution in [0.3, 0.4) is 0 Å². The highest BCUT2D eigenvalue weighted by molar-refractivity contribution is 5.94. The molecule has 3 nitrogen and oxygen atoms in total. The van der Waals surface area contributed by atoms with E-state index in [4.69, 9.17) is 4.74 Å². The van der Waals surface area contributed by atoms with E-state index in [9.17, 15) is 4.79 Å². The van der Waals surface area contributed by atoms with Gasteiger partial charge in [-0.25, -0.2) is 0 Å². The minimum Gasteiger partial charge on any atom is -0.494 e. The van der Waals surface area contributed by atoms with Gasteiger partial charge in [0.2, 0.25) is 0 Å². The van der Waals surface area contributed by atoms with Gasteiger partial charge in [-0.05, 0) is 62.1 Å². The summed E-state index contributed by atoms with van der Waals surface area (Å²) in [7, 11) is 0. The van der Waals surface area contributed by atoms with Crippen molar-refractivity contribution >= 4 is 5.91 Å². The van der Waals surface area contributed by atoms with Gasteiger partial charge in [-0.1, -0.05) is 31.2 Å². The molecule has 1 atom stereocenters. The number of rotatable bonds is 6. The standard InChI is InChI=1S/C20H25NO2/c1-5-16-7-9-17(10-8-16)15(4)21-20(22)18-11-12-19(23-6-2)14(3)13-18/h7-13,15H,5-6H2,1-4H3,(H,21,22).